The summed E-state index contributed by atoms with van der Waals surface area (Å²) < 4.78 is 0. The van der Waals surface area contributed by atoms with E-state index in [9.17, 15) is 10.2 Å². The van der Waals surface area contributed by atoms with Crippen LogP contribution >= 0.6 is 0 Å². The largest absolute Gasteiger partial charge is 0.390 e. The number of rotatable bonds is 0. The Morgan fingerprint density at radius 3 is 3.15 bits per heavy atom. The van der Waals surface area contributed by atoms with Gasteiger partial charge in [0.05, 0.1) is 11.6 Å². The highest BCUT2D eigenvalue weighted by Gasteiger charge is 2.63. The van der Waals surface area contributed by atoms with Gasteiger partial charge in [0.25, 0.3) is 0 Å². The summed E-state index contributed by atoms with van der Waals surface area (Å²) in [6.45, 7) is 3.02. The molecule has 1 aliphatic heterocycles. The van der Waals surface area contributed by atoms with Crippen molar-refractivity contribution in [2.24, 2.45) is 11.8 Å². The zero-order valence-electron chi connectivity index (χ0n) is 11.8. The quantitative estimate of drug-likeness (QED) is 0.659. The van der Waals surface area contributed by atoms with Crippen LogP contribution in [-0.4, -0.2) is 33.4 Å². The zero-order valence-corrected chi connectivity index (χ0v) is 11.8. The number of aromatic nitrogens is 1. The molecule has 3 N–H and O–H groups in total. The highest BCUT2D eigenvalue weighted by molar-refractivity contribution is 5.39. The minimum atomic E-state index is -1.04. The Kier molecular flexibility index (Phi) is 2.57. The number of pyridine rings is 1. The maximum atomic E-state index is 11.2. The van der Waals surface area contributed by atoms with Gasteiger partial charge in [0, 0.05) is 24.2 Å². The van der Waals surface area contributed by atoms with E-state index in [1.54, 1.807) is 6.20 Å². The summed E-state index contributed by atoms with van der Waals surface area (Å²) in [7, 11) is 0. The van der Waals surface area contributed by atoms with Crippen LogP contribution in [0.2, 0.25) is 0 Å². The van der Waals surface area contributed by atoms with Crippen LogP contribution in [-0.2, 0) is 12.0 Å². The smallest absolute Gasteiger partial charge is 0.101 e. The minimum Gasteiger partial charge on any atom is -0.390 e. The van der Waals surface area contributed by atoms with Crippen LogP contribution in [0.3, 0.4) is 0 Å². The second-order valence-electron chi connectivity index (χ2n) is 6.88. The van der Waals surface area contributed by atoms with Gasteiger partial charge in [-0.1, -0.05) is 13.0 Å². The van der Waals surface area contributed by atoms with Crippen molar-refractivity contribution in [1.29, 1.82) is 0 Å². The molecule has 108 valence electrons. The number of hydrogen-bond donors (Lipinski definition) is 3. The lowest BCUT2D eigenvalue weighted by atomic mass is 9.51. The molecule has 1 saturated heterocycles. The molecule has 2 heterocycles. The van der Waals surface area contributed by atoms with Gasteiger partial charge in [0.2, 0.25) is 0 Å². The molecule has 0 spiro atoms. The lowest BCUT2D eigenvalue weighted by Gasteiger charge is -2.62. The molecule has 20 heavy (non-hydrogen) atoms. The normalized spacial score (nSPS) is 46.5. The molecule has 4 heteroatoms. The first-order valence-corrected chi connectivity index (χ1v) is 7.68. The molecule has 5 atom stereocenters. The van der Waals surface area contributed by atoms with E-state index in [2.05, 4.69) is 16.4 Å². The summed E-state index contributed by atoms with van der Waals surface area (Å²) in [5.74, 6) is 0.182. The molecular formula is C16H22N2O2. The number of nitrogens with zero attached hydrogens (tertiary/aromatic N) is 1. The third-order valence-corrected chi connectivity index (χ3v) is 5.82. The molecule has 3 aliphatic rings. The molecule has 1 aromatic rings. The van der Waals surface area contributed by atoms with E-state index >= 15 is 0 Å². The predicted molar refractivity (Wildman–Crippen MR) is 75.1 cm³/mol. The van der Waals surface area contributed by atoms with Gasteiger partial charge in [0.1, 0.15) is 5.60 Å². The fourth-order valence-electron chi connectivity index (χ4n) is 5.07. The summed E-state index contributed by atoms with van der Waals surface area (Å²) in [4.78, 5) is 4.48. The van der Waals surface area contributed by atoms with Crippen LogP contribution in [0.15, 0.2) is 18.3 Å². The predicted octanol–water partition coefficient (Wildman–Crippen LogP) is 0.964. The molecule has 1 aromatic heterocycles. The molecule has 2 fully saturated rings. The van der Waals surface area contributed by atoms with Crippen molar-refractivity contribution in [3.05, 3.63) is 29.6 Å². The molecule has 4 nitrogen and oxygen atoms in total. The summed E-state index contributed by atoms with van der Waals surface area (Å²) in [5.41, 5.74) is 0.958. The van der Waals surface area contributed by atoms with Gasteiger partial charge in [-0.2, -0.15) is 0 Å². The molecule has 1 saturated carbocycles. The first-order valence-electron chi connectivity index (χ1n) is 7.68. The number of hydrogen-bond acceptors (Lipinski definition) is 4. The molecular weight excluding hydrogens is 252 g/mol. The van der Waals surface area contributed by atoms with E-state index in [-0.39, 0.29) is 17.4 Å². The summed E-state index contributed by atoms with van der Waals surface area (Å²) in [6, 6.07) is 4.14. The number of aliphatic hydroxyl groups excluding tert-OH is 1. The molecule has 2 bridgehead atoms. The van der Waals surface area contributed by atoms with Crippen LogP contribution in [0.25, 0.3) is 0 Å². The van der Waals surface area contributed by atoms with E-state index in [0.717, 1.165) is 31.5 Å². The van der Waals surface area contributed by atoms with E-state index in [1.165, 1.54) is 5.56 Å². The first kappa shape index (κ1) is 12.7. The van der Waals surface area contributed by atoms with E-state index in [4.69, 9.17) is 0 Å². The van der Waals surface area contributed by atoms with Crippen LogP contribution in [0.4, 0.5) is 0 Å². The van der Waals surface area contributed by atoms with Crippen LogP contribution in [0, 0.1) is 11.8 Å². The lowest BCUT2D eigenvalue weighted by molar-refractivity contribution is -0.204. The maximum Gasteiger partial charge on any atom is 0.101 e. The van der Waals surface area contributed by atoms with Gasteiger partial charge in [0.15, 0.2) is 0 Å². The first-order chi connectivity index (χ1) is 9.58. The zero-order chi connectivity index (χ0) is 14.0. The molecule has 0 radical (unpaired) electrons. The SMILES string of the molecule is C[C@H]1C[C@@]23NCCC[C@@H]2[C@](O)(Cc2ncccc23)[C@H]1O. The van der Waals surface area contributed by atoms with Crippen LogP contribution in [0.5, 0.6) is 0 Å². The van der Waals surface area contributed by atoms with Crippen molar-refractivity contribution in [1.82, 2.24) is 10.3 Å². The third kappa shape index (κ3) is 1.39. The molecule has 0 unspecified atom stereocenters. The van der Waals surface area contributed by atoms with Gasteiger partial charge in [-0.25, -0.2) is 0 Å². The maximum absolute atomic E-state index is 11.2. The number of nitrogens with one attached hydrogen (secondary N) is 1. The van der Waals surface area contributed by atoms with Crippen molar-refractivity contribution in [3.63, 3.8) is 0 Å². The molecule has 2 aliphatic carbocycles. The second-order valence-corrected chi connectivity index (χ2v) is 6.88. The van der Waals surface area contributed by atoms with Crippen LogP contribution in [0.1, 0.15) is 37.4 Å². The number of aliphatic hydroxyl groups is 2. The van der Waals surface area contributed by atoms with Crippen molar-refractivity contribution in [3.8, 4) is 0 Å². The van der Waals surface area contributed by atoms with Gasteiger partial charge < -0.3 is 15.5 Å². The average Bonchev–Trinajstić information content (AvgIpc) is 2.45. The van der Waals surface area contributed by atoms with Gasteiger partial charge >= 0.3 is 0 Å². The Labute approximate surface area is 119 Å². The third-order valence-electron chi connectivity index (χ3n) is 5.82. The Morgan fingerprint density at radius 2 is 2.30 bits per heavy atom. The fourth-order valence-corrected chi connectivity index (χ4v) is 5.07. The molecule has 0 aromatic carbocycles. The van der Waals surface area contributed by atoms with Gasteiger partial charge in [-0.05, 0) is 43.4 Å². The van der Waals surface area contributed by atoms with Crippen molar-refractivity contribution >= 4 is 0 Å². The highest BCUT2D eigenvalue weighted by Crippen LogP contribution is 2.56. The Hall–Kier alpha value is -0.970. The standard InChI is InChI=1S/C16H22N2O2/c1-10-8-15-11-4-2-6-17-12(11)9-16(20,14(10)19)13(15)5-3-7-18-15/h2,4,6,10,13-14,18-20H,3,5,7-9H2,1H3/t10-,13-,14-,15-,16+/m0/s1. The van der Waals surface area contributed by atoms with E-state index < -0.39 is 11.7 Å². The van der Waals surface area contributed by atoms with E-state index in [1.807, 2.05) is 13.0 Å². The van der Waals surface area contributed by atoms with Crippen molar-refractivity contribution in [2.45, 2.75) is 49.9 Å². The summed E-state index contributed by atoms with van der Waals surface area (Å²) in [6.07, 6.45) is 4.51. The second kappa shape index (κ2) is 4.03. The van der Waals surface area contributed by atoms with Crippen molar-refractivity contribution in [2.75, 3.05) is 6.54 Å². The molecule has 0 amide bonds. The molecule has 4 rings (SSSR count). The lowest BCUT2D eigenvalue weighted by Crippen LogP contribution is -2.72. The minimum absolute atomic E-state index is 0.0895. The Morgan fingerprint density at radius 1 is 1.45 bits per heavy atom. The van der Waals surface area contributed by atoms with Crippen molar-refractivity contribution < 1.29 is 10.2 Å². The van der Waals surface area contributed by atoms with E-state index in [0.29, 0.717) is 6.42 Å². The number of fused-ring (bicyclic) bond motifs is 1. The van der Waals surface area contributed by atoms with Gasteiger partial charge in [-0.3, -0.25) is 4.98 Å². The average molecular weight is 274 g/mol. The summed E-state index contributed by atoms with van der Waals surface area (Å²) in [5, 5.41) is 25.5. The van der Waals surface area contributed by atoms with Crippen LogP contribution < -0.4 is 5.32 Å². The highest BCUT2D eigenvalue weighted by atomic mass is 16.3. The Balaban J connectivity index is 1.96. The topological polar surface area (TPSA) is 65.4 Å². The fraction of sp³-hybridized carbons (Fsp3) is 0.688. The van der Waals surface area contributed by atoms with Gasteiger partial charge in [-0.15, -0.1) is 0 Å². The number of piperidine rings is 1. The summed E-state index contributed by atoms with van der Waals surface area (Å²) >= 11 is 0. The monoisotopic (exact) mass is 274 g/mol. The Bertz CT molecular complexity index is 549.